The summed E-state index contributed by atoms with van der Waals surface area (Å²) in [4.78, 5) is 61.5. The zero-order valence-corrected chi connectivity index (χ0v) is 29.0. The molecule has 20 heteroatoms. The number of phosphoric ester groups is 2. The quantitative estimate of drug-likeness (QED) is 0.158. The average Bonchev–Trinajstić information content (AvgIpc) is 3.46. The number of hydrogen-bond acceptors (Lipinski definition) is 15. The number of rotatable bonds is 10. The number of aliphatic hydroxyl groups excluding tert-OH is 3. The van der Waals surface area contributed by atoms with Gasteiger partial charge in [-0.3, -0.25) is 23.2 Å². The number of Topliss-reactive ketones (excluding diaryl/α,β-unsaturated/α-hetero) is 1. The molecule has 276 valence electrons. The Kier molecular flexibility index (Phi) is 9.63. The van der Waals surface area contributed by atoms with Crippen LogP contribution in [0.15, 0.2) is 40.9 Å². The monoisotopic (exact) mass is 745 g/mol. The molecule has 0 amide bonds. The van der Waals surface area contributed by atoms with Crippen molar-refractivity contribution in [3.63, 3.8) is 0 Å². The molecule has 0 aromatic carbocycles. The topological polar surface area (TPSA) is 287 Å². The van der Waals surface area contributed by atoms with E-state index in [4.69, 9.17) is 19.5 Å². The summed E-state index contributed by atoms with van der Waals surface area (Å²) in [7, 11) is -11.0. The second-order valence-electron chi connectivity index (χ2n) is 14.2. The van der Waals surface area contributed by atoms with E-state index in [-0.39, 0.29) is 42.2 Å². The SMILES string of the molecule is C[C@]12C=CC(=O)C=C1CC[C@@H]1[C@@H]2[C@@H](O)C[C@@]2(C)[C@H]1CC[C@]2(O)C(=O)COP(=O)(O)OP(=O)(O)OC[C@H]1O[C@@H](n2ccc(N)nc2=O)[C@@H](O)[C@@H]1O. The molecule has 1 aromatic rings. The third-order valence-corrected chi connectivity index (χ3v) is 14.1. The molecule has 6 rings (SSSR count). The maximum absolute atomic E-state index is 13.5. The number of anilines is 1. The van der Waals surface area contributed by atoms with Crippen molar-refractivity contribution in [2.24, 2.45) is 28.6 Å². The minimum atomic E-state index is -5.50. The van der Waals surface area contributed by atoms with Gasteiger partial charge in [-0.05, 0) is 62.2 Å². The highest BCUT2D eigenvalue weighted by molar-refractivity contribution is 7.61. The lowest BCUT2D eigenvalue weighted by Gasteiger charge is -2.59. The fourth-order valence-corrected chi connectivity index (χ4v) is 11.1. The summed E-state index contributed by atoms with van der Waals surface area (Å²) in [6, 6.07) is 1.23. The molecular formula is C30H41N3O15P2. The van der Waals surface area contributed by atoms with Crippen molar-refractivity contribution < 1.29 is 67.0 Å². The minimum absolute atomic E-state index is 0.0205. The Morgan fingerprint density at radius 3 is 2.52 bits per heavy atom. The number of aliphatic hydroxyl groups is 4. The van der Waals surface area contributed by atoms with Crippen LogP contribution < -0.4 is 11.4 Å². The van der Waals surface area contributed by atoms with E-state index in [2.05, 4.69) is 9.29 Å². The van der Waals surface area contributed by atoms with Gasteiger partial charge in [-0.15, -0.1) is 0 Å². The van der Waals surface area contributed by atoms with E-state index >= 15 is 0 Å². The second kappa shape index (κ2) is 12.9. The molecule has 3 saturated carbocycles. The van der Waals surface area contributed by atoms with Gasteiger partial charge in [0.15, 0.2) is 17.8 Å². The van der Waals surface area contributed by atoms with Gasteiger partial charge in [0, 0.05) is 22.9 Å². The Hall–Kier alpha value is -2.44. The lowest BCUT2D eigenvalue weighted by molar-refractivity contribution is -0.178. The number of aromatic nitrogens is 2. The van der Waals surface area contributed by atoms with Crippen molar-refractivity contribution in [1.29, 1.82) is 0 Å². The first kappa shape index (κ1) is 37.3. The summed E-state index contributed by atoms with van der Waals surface area (Å²) in [6.07, 6.45) is 0.366. The third kappa shape index (κ3) is 6.33. The molecule has 18 nitrogen and oxygen atoms in total. The average molecular weight is 746 g/mol. The molecule has 4 aliphatic carbocycles. The minimum Gasteiger partial charge on any atom is -0.393 e. The van der Waals surface area contributed by atoms with E-state index in [0.29, 0.717) is 19.3 Å². The van der Waals surface area contributed by atoms with E-state index in [0.717, 1.165) is 16.3 Å². The molecule has 4 fully saturated rings. The molecule has 50 heavy (non-hydrogen) atoms. The number of ketones is 2. The Bertz CT molecular complexity index is 1780. The molecule has 0 bridgehead atoms. The van der Waals surface area contributed by atoms with E-state index < -0.39 is 87.4 Å². The van der Waals surface area contributed by atoms with Crippen molar-refractivity contribution in [2.75, 3.05) is 18.9 Å². The molecule has 0 radical (unpaired) electrons. The Balaban J connectivity index is 1.07. The van der Waals surface area contributed by atoms with Crippen molar-refractivity contribution >= 4 is 33.0 Å². The molecule has 1 aliphatic heterocycles. The fraction of sp³-hybridized carbons (Fsp3) is 0.667. The standard InChI is InChI=1S/C30H41N3O15P2/c1-28-8-5-16(34)11-15(28)3-4-17-18-6-9-30(40,29(18,2)12-19(35)23(17)28)21(36)14-46-50(43,44)48-49(41,42)45-13-20-24(37)25(38)26(47-20)33-10-7-22(31)32-27(33)39/h5,7-8,10-11,17-20,23-26,35,37-38,40H,3-4,6,9,12-14H2,1-2H3,(H,41,42)(H,43,44)(H2,31,32,39)/t17-,18-,19-,20+,23+,24+,25-,26+,28-,29-,30-/m0/s1. The van der Waals surface area contributed by atoms with Gasteiger partial charge < -0.3 is 40.7 Å². The molecule has 0 spiro atoms. The molecular weight excluding hydrogens is 704 g/mol. The van der Waals surface area contributed by atoms with Gasteiger partial charge in [-0.1, -0.05) is 25.5 Å². The summed E-state index contributed by atoms with van der Waals surface area (Å²) in [5.41, 5.74) is 1.68. The zero-order valence-electron chi connectivity index (χ0n) is 27.2. The summed E-state index contributed by atoms with van der Waals surface area (Å²) in [5, 5.41) is 44.0. The summed E-state index contributed by atoms with van der Waals surface area (Å²) < 4.78 is 45.2. The van der Waals surface area contributed by atoms with Crippen LogP contribution in [-0.2, 0) is 36.8 Å². The van der Waals surface area contributed by atoms with E-state index in [9.17, 15) is 53.7 Å². The van der Waals surface area contributed by atoms with E-state index in [1.807, 2.05) is 13.0 Å². The van der Waals surface area contributed by atoms with Crippen LogP contribution in [0.25, 0.3) is 0 Å². The molecule has 2 heterocycles. The number of ether oxygens (including phenoxy) is 1. The van der Waals surface area contributed by atoms with Crippen LogP contribution in [-0.4, -0.2) is 94.6 Å². The highest BCUT2D eigenvalue weighted by Gasteiger charge is 2.68. The molecule has 1 saturated heterocycles. The van der Waals surface area contributed by atoms with Crippen LogP contribution in [0.1, 0.15) is 52.2 Å². The van der Waals surface area contributed by atoms with Crippen LogP contribution in [0.2, 0.25) is 0 Å². The largest absolute Gasteiger partial charge is 0.481 e. The van der Waals surface area contributed by atoms with Gasteiger partial charge >= 0.3 is 21.3 Å². The van der Waals surface area contributed by atoms with Gasteiger partial charge in [0.1, 0.15) is 36.3 Å². The van der Waals surface area contributed by atoms with Crippen LogP contribution in [0.4, 0.5) is 5.82 Å². The summed E-state index contributed by atoms with van der Waals surface area (Å²) in [6.45, 7) is 1.53. The van der Waals surface area contributed by atoms with Crippen molar-refractivity contribution in [2.45, 2.75) is 82.2 Å². The Labute approximate surface area is 285 Å². The fourth-order valence-electron chi connectivity index (χ4n) is 9.11. The van der Waals surface area contributed by atoms with Gasteiger partial charge in [0.05, 0.1) is 12.7 Å². The first-order chi connectivity index (χ1) is 23.2. The number of nitrogens with two attached hydrogens (primary N) is 1. The van der Waals surface area contributed by atoms with Crippen LogP contribution in [0.3, 0.4) is 0 Å². The highest BCUT2D eigenvalue weighted by atomic mass is 31.3. The Morgan fingerprint density at radius 1 is 1.12 bits per heavy atom. The smallest absolute Gasteiger partial charge is 0.393 e. The van der Waals surface area contributed by atoms with Gasteiger partial charge in [0.25, 0.3) is 0 Å². The van der Waals surface area contributed by atoms with Crippen LogP contribution in [0, 0.1) is 28.6 Å². The summed E-state index contributed by atoms with van der Waals surface area (Å²) >= 11 is 0. The number of nitrogen functional groups attached to an aromatic ring is 1. The maximum Gasteiger partial charge on any atom is 0.481 e. The number of phosphoric acid groups is 2. The van der Waals surface area contributed by atoms with Gasteiger partial charge in [0.2, 0.25) is 0 Å². The number of carbonyl (C=O) groups is 2. The lowest BCUT2D eigenvalue weighted by atomic mass is 9.46. The lowest BCUT2D eigenvalue weighted by Crippen LogP contribution is -2.61. The zero-order chi connectivity index (χ0) is 36.6. The summed E-state index contributed by atoms with van der Waals surface area (Å²) in [5.74, 6) is -1.77. The molecule has 13 atom stereocenters. The number of hydrogen-bond donors (Lipinski definition) is 7. The van der Waals surface area contributed by atoms with Gasteiger partial charge in [-0.25, -0.2) is 13.9 Å². The predicted octanol–water partition coefficient (Wildman–Crippen LogP) is 0.274. The Morgan fingerprint density at radius 2 is 1.82 bits per heavy atom. The predicted molar refractivity (Wildman–Crippen MR) is 169 cm³/mol. The number of nitrogens with zero attached hydrogens (tertiary/aromatic N) is 2. The first-order valence-electron chi connectivity index (χ1n) is 16.1. The molecule has 1 aromatic heterocycles. The normalized spacial score (nSPS) is 41.8. The molecule has 8 N–H and O–H groups in total. The maximum atomic E-state index is 13.5. The molecule has 5 aliphatic rings. The van der Waals surface area contributed by atoms with Crippen LogP contribution in [0.5, 0.6) is 0 Å². The number of fused-ring (bicyclic) bond motifs is 5. The third-order valence-electron chi connectivity index (χ3n) is 11.5. The second-order valence-corrected chi connectivity index (χ2v) is 17.3. The number of carbonyl (C=O) groups excluding carboxylic acids is 2. The van der Waals surface area contributed by atoms with Gasteiger partial charge in [-0.2, -0.15) is 9.29 Å². The van der Waals surface area contributed by atoms with E-state index in [1.54, 1.807) is 13.0 Å². The first-order valence-corrected chi connectivity index (χ1v) is 19.1. The van der Waals surface area contributed by atoms with Crippen LogP contribution >= 0.6 is 15.6 Å². The van der Waals surface area contributed by atoms with Crippen molar-refractivity contribution in [3.05, 3.63) is 46.5 Å². The highest BCUT2D eigenvalue weighted by Crippen LogP contribution is 2.67. The van der Waals surface area contributed by atoms with E-state index in [1.165, 1.54) is 12.1 Å². The van der Waals surface area contributed by atoms with Crippen molar-refractivity contribution in [3.8, 4) is 0 Å². The van der Waals surface area contributed by atoms with Crippen molar-refractivity contribution in [1.82, 2.24) is 9.55 Å². The molecule has 2 unspecified atom stereocenters. The number of allylic oxidation sites excluding steroid dienone is 4.